The molecule has 5 N–H and O–H groups in total. The average molecular weight is 574 g/mol. The third-order valence-electron chi connectivity index (χ3n) is 7.10. The number of unbranched alkanes of at least 4 members (excludes halogenated alkanes) is 1. The monoisotopic (exact) mass is 573 g/mol. The van der Waals surface area contributed by atoms with Crippen LogP contribution < -0.4 is 16.8 Å². The molecule has 2 heterocycles. The molecular formula is C36H43N7. The van der Waals surface area contributed by atoms with E-state index in [2.05, 4.69) is 62.2 Å². The van der Waals surface area contributed by atoms with E-state index < -0.39 is 0 Å². The summed E-state index contributed by atoms with van der Waals surface area (Å²) in [4.78, 5) is 9.51. The van der Waals surface area contributed by atoms with Crippen LogP contribution in [0.1, 0.15) is 70.1 Å². The van der Waals surface area contributed by atoms with Gasteiger partial charge >= 0.3 is 0 Å². The number of aliphatic imine (C=N–C) groups is 2. The van der Waals surface area contributed by atoms with Gasteiger partial charge in [0.1, 0.15) is 23.2 Å². The predicted octanol–water partition coefficient (Wildman–Crippen LogP) is 8.61. The highest BCUT2D eigenvalue weighted by molar-refractivity contribution is 6.06. The summed E-state index contributed by atoms with van der Waals surface area (Å²) in [5, 5.41) is 8.80. The molecule has 222 valence electrons. The molecule has 0 radical (unpaired) electrons. The second-order valence-corrected chi connectivity index (χ2v) is 10.8. The molecule has 1 aliphatic rings. The molecule has 0 saturated carbocycles. The Morgan fingerprint density at radius 3 is 2.51 bits per heavy atom. The Kier molecular flexibility index (Phi) is 10.3. The fraction of sp³-hybridized carbons (Fsp3) is 0.250. The number of anilines is 1. The summed E-state index contributed by atoms with van der Waals surface area (Å²) in [6.45, 7) is 15.1. The van der Waals surface area contributed by atoms with Crippen LogP contribution in [-0.4, -0.2) is 21.8 Å². The Labute approximate surface area is 255 Å². The molecule has 0 bridgehead atoms. The summed E-state index contributed by atoms with van der Waals surface area (Å²) < 4.78 is 1.91. The zero-order valence-corrected chi connectivity index (χ0v) is 26.0. The van der Waals surface area contributed by atoms with Crippen molar-refractivity contribution < 1.29 is 0 Å². The van der Waals surface area contributed by atoms with Crippen molar-refractivity contribution in [3.05, 3.63) is 108 Å². The highest BCUT2D eigenvalue weighted by Crippen LogP contribution is 2.45. The quantitative estimate of drug-likeness (QED) is 0.158. The van der Waals surface area contributed by atoms with Crippen LogP contribution in [0, 0.1) is 6.92 Å². The van der Waals surface area contributed by atoms with Gasteiger partial charge in [-0.25, -0.2) is 9.67 Å². The first-order chi connectivity index (χ1) is 20.8. The molecule has 0 fully saturated rings. The van der Waals surface area contributed by atoms with E-state index in [1.165, 1.54) is 17.3 Å². The normalized spacial score (nSPS) is 14.0. The van der Waals surface area contributed by atoms with Gasteiger partial charge in [-0.15, -0.1) is 0 Å². The molecule has 7 nitrogen and oxygen atoms in total. The molecule has 0 unspecified atom stereocenters. The Morgan fingerprint density at radius 1 is 1.07 bits per heavy atom. The molecule has 0 amide bonds. The number of nitrogens with zero attached hydrogens (tertiary/aromatic N) is 4. The summed E-state index contributed by atoms with van der Waals surface area (Å²) in [7, 11) is 0. The number of fused-ring (bicyclic) bond motifs is 1. The van der Waals surface area contributed by atoms with E-state index in [4.69, 9.17) is 26.6 Å². The number of rotatable bonds is 11. The minimum Gasteiger partial charge on any atom is -0.404 e. The van der Waals surface area contributed by atoms with Gasteiger partial charge < -0.3 is 16.8 Å². The second-order valence-electron chi connectivity index (χ2n) is 10.8. The maximum absolute atomic E-state index is 6.29. The van der Waals surface area contributed by atoms with E-state index in [0.29, 0.717) is 11.5 Å². The minimum absolute atomic E-state index is 0.275. The number of hydrogen-bond acceptors (Lipinski definition) is 5. The zero-order valence-electron chi connectivity index (χ0n) is 26.0. The molecule has 2 aromatic carbocycles. The first kappa shape index (κ1) is 31.0. The van der Waals surface area contributed by atoms with Gasteiger partial charge in [-0.2, -0.15) is 5.10 Å². The molecule has 0 saturated heterocycles. The number of nitrogens with two attached hydrogens (primary N) is 2. The van der Waals surface area contributed by atoms with Crippen molar-refractivity contribution in [3.8, 4) is 11.3 Å². The van der Waals surface area contributed by atoms with Crippen LogP contribution in [0.15, 0.2) is 101 Å². The summed E-state index contributed by atoms with van der Waals surface area (Å²) in [5.74, 6) is 1.67. The van der Waals surface area contributed by atoms with Crippen LogP contribution in [0.2, 0.25) is 0 Å². The second kappa shape index (κ2) is 14.3. The summed E-state index contributed by atoms with van der Waals surface area (Å²) >= 11 is 0. The van der Waals surface area contributed by atoms with Crippen molar-refractivity contribution in [2.24, 2.45) is 21.5 Å². The fourth-order valence-corrected chi connectivity index (χ4v) is 4.99. The number of allylic oxidation sites excluding steroid dienone is 6. The number of benzene rings is 2. The lowest BCUT2D eigenvalue weighted by atomic mass is 9.95. The lowest BCUT2D eigenvalue weighted by Gasteiger charge is -2.25. The molecule has 7 heteroatoms. The fourth-order valence-electron chi connectivity index (χ4n) is 4.99. The highest BCUT2D eigenvalue weighted by Gasteiger charge is 2.30. The van der Waals surface area contributed by atoms with Crippen molar-refractivity contribution in [1.82, 2.24) is 9.78 Å². The van der Waals surface area contributed by atoms with E-state index >= 15 is 0 Å². The first-order valence-electron chi connectivity index (χ1n) is 14.9. The van der Waals surface area contributed by atoms with Crippen LogP contribution in [0.5, 0.6) is 0 Å². The Morgan fingerprint density at radius 2 is 1.84 bits per heavy atom. The van der Waals surface area contributed by atoms with Gasteiger partial charge in [-0.3, -0.25) is 4.99 Å². The van der Waals surface area contributed by atoms with Crippen LogP contribution in [0.25, 0.3) is 28.1 Å². The number of aromatic nitrogens is 2. The molecule has 0 spiro atoms. The topological polar surface area (TPSA) is 107 Å². The van der Waals surface area contributed by atoms with Crippen molar-refractivity contribution >= 4 is 40.4 Å². The highest BCUT2D eigenvalue weighted by atomic mass is 15.4. The van der Waals surface area contributed by atoms with Crippen LogP contribution >= 0.6 is 0 Å². The van der Waals surface area contributed by atoms with Gasteiger partial charge in [0.2, 0.25) is 0 Å². The lowest BCUT2D eigenvalue weighted by Crippen LogP contribution is -2.19. The maximum Gasteiger partial charge on any atom is 0.144 e. The number of aryl methyl sites for hydroxylation is 1. The van der Waals surface area contributed by atoms with Gasteiger partial charge in [0.05, 0.1) is 11.4 Å². The van der Waals surface area contributed by atoms with Gasteiger partial charge in [-0.05, 0) is 74.7 Å². The van der Waals surface area contributed by atoms with E-state index in [1.807, 2.05) is 55.9 Å². The van der Waals surface area contributed by atoms with Crippen LogP contribution in [0.3, 0.4) is 0 Å². The van der Waals surface area contributed by atoms with Crippen molar-refractivity contribution in [2.45, 2.75) is 60.3 Å². The maximum atomic E-state index is 6.29. The van der Waals surface area contributed by atoms with Gasteiger partial charge in [0.25, 0.3) is 0 Å². The van der Waals surface area contributed by atoms with Gasteiger partial charge in [0, 0.05) is 22.9 Å². The summed E-state index contributed by atoms with van der Waals surface area (Å²) in [5.41, 5.74) is 21.7. The Hall–Kier alpha value is -4.91. The zero-order chi connectivity index (χ0) is 30.9. The molecule has 0 atom stereocenters. The minimum atomic E-state index is 0.275. The van der Waals surface area contributed by atoms with Crippen molar-refractivity contribution in [1.29, 1.82) is 0 Å². The van der Waals surface area contributed by atoms with Gasteiger partial charge in [-0.1, -0.05) is 87.4 Å². The molecule has 0 aliphatic carbocycles. The standard InChI is InChI=1S/C36H43N7/c1-7-9-14-27(13-8-2)33-34(28-15-11-10-12-16-28)42-43-26(6)32(35(41-36(33)43)40-31(38)19-21-37)29-18-17-25(5)30(23-29)39-22-20-24(3)4/h10-12,14-23,41H,6-9,13,37H2,1-5H3,(H2,38,40)/b21-19?,27-14+,39-22?. The van der Waals surface area contributed by atoms with Crippen molar-refractivity contribution in [3.63, 3.8) is 0 Å². The molecule has 43 heavy (non-hydrogen) atoms. The lowest BCUT2D eigenvalue weighted by molar-refractivity contribution is 0.908. The van der Waals surface area contributed by atoms with E-state index in [0.717, 1.165) is 70.7 Å². The molecule has 1 aromatic heterocycles. The number of hydrogen-bond donors (Lipinski definition) is 3. The van der Waals surface area contributed by atoms with E-state index in [-0.39, 0.29) is 5.84 Å². The van der Waals surface area contributed by atoms with Crippen LogP contribution in [-0.2, 0) is 0 Å². The number of amidine groups is 1. The Bertz CT molecular complexity index is 1660. The third kappa shape index (κ3) is 7.12. The largest absolute Gasteiger partial charge is 0.404 e. The number of nitrogens with one attached hydrogen (secondary N) is 1. The first-order valence-corrected chi connectivity index (χ1v) is 14.9. The summed E-state index contributed by atoms with van der Waals surface area (Å²) in [6.07, 6.45) is 13.1. The van der Waals surface area contributed by atoms with E-state index in [1.54, 1.807) is 6.08 Å². The van der Waals surface area contributed by atoms with Gasteiger partial charge in [0.15, 0.2) is 0 Å². The molecule has 1 aliphatic heterocycles. The predicted molar refractivity (Wildman–Crippen MR) is 185 cm³/mol. The Balaban J connectivity index is 1.98. The smallest absolute Gasteiger partial charge is 0.144 e. The average Bonchev–Trinajstić information content (AvgIpc) is 3.36. The molecular weight excluding hydrogens is 530 g/mol. The third-order valence-corrected chi connectivity index (χ3v) is 7.10. The SMILES string of the molecule is C=C1C(c2ccc(C)c(N=CC=C(C)C)c2)=C(N=C(N)C=CN)Nc2c(/C(=C/CCC)CCC)c(-c3ccccc3)nn21. The van der Waals surface area contributed by atoms with E-state index in [9.17, 15) is 0 Å². The summed E-state index contributed by atoms with van der Waals surface area (Å²) in [6, 6.07) is 16.5. The molecule has 3 aromatic rings. The molecule has 4 rings (SSSR count). The van der Waals surface area contributed by atoms with Crippen LogP contribution in [0.4, 0.5) is 11.5 Å². The van der Waals surface area contributed by atoms with Crippen molar-refractivity contribution in [2.75, 3.05) is 5.32 Å².